The van der Waals surface area contributed by atoms with Crippen molar-refractivity contribution in [1.82, 2.24) is 0 Å². The molecular formula is C20H26O4. The second kappa shape index (κ2) is 3.98. The Kier molecular flexibility index (Phi) is 2.51. The van der Waals surface area contributed by atoms with E-state index in [0.29, 0.717) is 0 Å². The third kappa shape index (κ3) is 1.22. The summed E-state index contributed by atoms with van der Waals surface area (Å²) in [6.45, 7) is 8.25. The zero-order valence-corrected chi connectivity index (χ0v) is 14.6. The van der Waals surface area contributed by atoms with Gasteiger partial charge in [0.25, 0.3) is 0 Å². The molecule has 6 rings (SSSR count). The Bertz CT molecular complexity index is 698. The van der Waals surface area contributed by atoms with E-state index in [0.717, 1.165) is 50.5 Å². The second-order valence-electron chi connectivity index (χ2n) is 9.44. The number of hydrogen-bond acceptors (Lipinski definition) is 3. The standard InChI is InChI=1S/C20H26O4/c1-11-12-5-9-19(14(11)21)10-6-13-17(2,16(22)23)7-4-8-18(13,3)20(19)15(12)24-20/h12-13,15H,1,4-10H2,2-3H3,(H,22,23)/t12-,13-,15+,17-,18-,19-,20-/m1/s1. The van der Waals surface area contributed by atoms with E-state index in [1.807, 2.05) is 6.92 Å². The largest absolute Gasteiger partial charge is 0.481 e. The van der Waals surface area contributed by atoms with Crippen LogP contribution >= 0.6 is 0 Å². The molecule has 0 aromatic heterocycles. The molecule has 0 aromatic rings. The fourth-order valence-electron chi connectivity index (χ4n) is 7.80. The second-order valence-corrected chi connectivity index (χ2v) is 9.44. The van der Waals surface area contributed by atoms with E-state index in [1.165, 1.54) is 0 Å². The molecular weight excluding hydrogens is 304 g/mol. The molecule has 7 atom stereocenters. The van der Waals surface area contributed by atoms with E-state index in [9.17, 15) is 14.7 Å². The molecule has 4 heteroatoms. The number of Topliss-reactive ketones (excluding diaryl/α,β-unsaturated/α-hetero) is 1. The Hall–Kier alpha value is -1.16. The lowest BCUT2D eigenvalue weighted by molar-refractivity contribution is -0.189. The predicted octanol–water partition coefficient (Wildman–Crippen LogP) is 3.35. The lowest BCUT2D eigenvalue weighted by Gasteiger charge is -2.64. The van der Waals surface area contributed by atoms with Crippen molar-refractivity contribution < 1.29 is 19.4 Å². The van der Waals surface area contributed by atoms with Gasteiger partial charge in [0.05, 0.1) is 16.9 Å². The SMILES string of the molecule is C=C1C(=O)[C@]23CC[C@H]1[C@@H]1O[C@@]12[C@]1(C)CCC[C@@](C)(C(=O)O)[C@H]1CC3. The van der Waals surface area contributed by atoms with Gasteiger partial charge in [-0.3, -0.25) is 9.59 Å². The van der Waals surface area contributed by atoms with Gasteiger partial charge in [-0.25, -0.2) is 0 Å². The average molecular weight is 330 g/mol. The Labute approximate surface area is 142 Å². The Morgan fingerprint density at radius 2 is 1.92 bits per heavy atom. The van der Waals surface area contributed by atoms with Crippen molar-refractivity contribution in [3.8, 4) is 0 Å². The molecule has 1 heterocycles. The van der Waals surface area contributed by atoms with Gasteiger partial charge in [-0.05, 0) is 56.9 Å². The molecule has 2 spiro atoms. The van der Waals surface area contributed by atoms with E-state index in [2.05, 4.69) is 13.5 Å². The van der Waals surface area contributed by atoms with Crippen molar-refractivity contribution >= 4 is 11.8 Å². The lowest BCUT2D eigenvalue weighted by Crippen LogP contribution is -2.69. The number of ketones is 1. The third-order valence-electron chi connectivity index (χ3n) is 8.92. The van der Waals surface area contributed by atoms with Crippen molar-refractivity contribution in [2.24, 2.45) is 28.1 Å². The highest BCUT2D eigenvalue weighted by molar-refractivity contribution is 6.04. The summed E-state index contributed by atoms with van der Waals surface area (Å²) in [5, 5.41) is 9.95. The number of carbonyl (C=O) groups is 2. The topological polar surface area (TPSA) is 66.9 Å². The Morgan fingerprint density at radius 3 is 2.62 bits per heavy atom. The monoisotopic (exact) mass is 330 g/mol. The van der Waals surface area contributed by atoms with Gasteiger partial charge in [-0.15, -0.1) is 0 Å². The summed E-state index contributed by atoms with van der Waals surface area (Å²) >= 11 is 0. The van der Waals surface area contributed by atoms with Crippen LogP contribution < -0.4 is 0 Å². The lowest BCUT2D eigenvalue weighted by atomic mass is 9.36. The van der Waals surface area contributed by atoms with Gasteiger partial charge in [0, 0.05) is 11.3 Å². The molecule has 5 aliphatic carbocycles. The van der Waals surface area contributed by atoms with Crippen LogP contribution in [0, 0.1) is 28.1 Å². The minimum absolute atomic E-state index is 0.0901. The van der Waals surface area contributed by atoms with Gasteiger partial charge >= 0.3 is 5.97 Å². The van der Waals surface area contributed by atoms with E-state index >= 15 is 0 Å². The number of hydrogen-bond donors (Lipinski definition) is 1. The fraction of sp³-hybridized carbons (Fsp3) is 0.800. The molecule has 0 aromatic carbocycles. The molecule has 1 N–H and O–H groups in total. The Morgan fingerprint density at radius 1 is 1.21 bits per heavy atom. The molecule has 0 radical (unpaired) electrons. The van der Waals surface area contributed by atoms with E-state index in [4.69, 9.17) is 4.74 Å². The highest BCUT2D eigenvalue weighted by Gasteiger charge is 2.87. The predicted molar refractivity (Wildman–Crippen MR) is 87.3 cm³/mol. The minimum Gasteiger partial charge on any atom is -0.481 e. The first-order chi connectivity index (χ1) is 11.2. The van der Waals surface area contributed by atoms with Gasteiger partial charge in [-0.1, -0.05) is 19.9 Å². The van der Waals surface area contributed by atoms with Crippen LogP contribution in [0.25, 0.3) is 0 Å². The first-order valence-electron chi connectivity index (χ1n) is 9.39. The molecule has 2 bridgehead atoms. The van der Waals surface area contributed by atoms with Gasteiger partial charge in [0.15, 0.2) is 5.78 Å². The third-order valence-corrected chi connectivity index (χ3v) is 8.92. The smallest absolute Gasteiger partial charge is 0.309 e. The molecule has 5 saturated carbocycles. The van der Waals surface area contributed by atoms with Crippen LogP contribution in [-0.4, -0.2) is 28.6 Å². The Balaban J connectivity index is 1.68. The summed E-state index contributed by atoms with van der Waals surface area (Å²) in [6, 6.07) is 0. The van der Waals surface area contributed by atoms with Crippen molar-refractivity contribution in [3.05, 3.63) is 12.2 Å². The average Bonchev–Trinajstić information content (AvgIpc) is 3.29. The minimum atomic E-state index is -0.698. The summed E-state index contributed by atoms with van der Waals surface area (Å²) in [5.74, 6) is -0.199. The molecule has 6 fully saturated rings. The molecule has 130 valence electrons. The number of ether oxygens (including phenoxy) is 1. The van der Waals surface area contributed by atoms with Gasteiger partial charge in [0.2, 0.25) is 0 Å². The fourth-order valence-corrected chi connectivity index (χ4v) is 7.80. The number of carboxylic acid groups (broad SMARTS) is 1. The zero-order chi connectivity index (χ0) is 17.1. The first kappa shape index (κ1) is 15.1. The summed E-state index contributed by atoms with van der Waals surface area (Å²) in [5.41, 5.74) is -0.974. The number of epoxide rings is 1. The van der Waals surface area contributed by atoms with Crippen molar-refractivity contribution in [2.75, 3.05) is 0 Å². The molecule has 1 aliphatic heterocycles. The summed E-state index contributed by atoms with van der Waals surface area (Å²) in [4.78, 5) is 25.3. The van der Waals surface area contributed by atoms with Crippen LogP contribution in [0.4, 0.5) is 0 Å². The molecule has 6 aliphatic rings. The van der Waals surface area contributed by atoms with Crippen molar-refractivity contribution in [3.63, 3.8) is 0 Å². The van der Waals surface area contributed by atoms with E-state index < -0.39 is 22.4 Å². The maximum atomic E-state index is 13.2. The molecule has 0 amide bonds. The van der Waals surface area contributed by atoms with Gasteiger partial charge in [0.1, 0.15) is 5.60 Å². The van der Waals surface area contributed by atoms with Gasteiger partial charge in [-0.2, -0.15) is 0 Å². The first-order valence-corrected chi connectivity index (χ1v) is 9.39. The van der Waals surface area contributed by atoms with E-state index in [-0.39, 0.29) is 29.1 Å². The van der Waals surface area contributed by atoms with Crippen LogP contribution in [0.3, 0.4) is 0 Å². The van der Waals surface area contributed by atoms with Crippen LogP contribution in [0.15, 0.2) is 12.2 Å². The van der Waals surface area contributed by atoms with Crippen LogP contribution in [0.5, 0.6) is 0 Å². The number of rotatable bonds is 1. The summed E-state index contributed by atoms with van der Waals surface area (Å²) < 4.78 is 6.46. The quantitative estimate of drug-likeness (QED) is 0.591. The maximum Gasteiger partial charge on any atom is 0.309 e. The molecule has 0 unspecified atom stereocenters. The number of carboxylic acids is 1. The van der Waals surface area contributed by atoms with Crippen molar-refractivity contribution in [1.29, 1.82) is 0 Å². The van der Waals surface area contributed by atoms with Gasteiger partial charge < -0.3 is 9.84 Å². The van der Waals surface area contributed by atoms with Crippen molar-refractivity contribution in [2.45, 2.75) is 70.5 Å². The summed E-state index contributed by atoms with van der Waals surface area (Å²) in [6.07, 6.45) is 6.22. The normalized spacial score (nSPS) is 57.8. The highest BCUT2D eigenvalue weighted by Crippen LogP contribution is 2.80. The maximum absolute atomic E-state index is 13.2. The van der Waals surface area contributed by atoms with Crippen LogP contribution in [-0.2, 0) is 14.3 Å². The number of fused-ring (bicyclic) bond motifs is 3. The molecule has 4 nitrogen and oxygen atoms in total. The zero-order valence-electron chi connectivity index (χ0n) is 14.6. The number of carbonyl (C=O) groups excluding carboxylic acids is 1. The van der Waals surface area contributed by atoms with E-state index in [1.54, 1.807) is 0 Å². The highest BCUT2D eigenvalue weighted by atomic mass is 16.6. The molecule has 1 saturated heterocycles. The van der Waals surface area contributed by atoms with Crippen LogP contribution in [0.1, 0.15) is 58.8 Å². The molecule has 24 heavy (non-hydrogen) atoms. The summed E-state index contributed by atoms with van der Waals surface area (Å²) in [7, 11) is 0. The number of aliphatic carboxylic acids is 1. The van der Waals surface area contributed by atoms with Crippen LogP contribution in [0.2, 0.25) is 0 Å².